The minimum atomic E-state index is -0.735. The Hall–Kier alpha value is -3.11. The number of hydrogen-bond acceptors (Lipinski definition) is 7. The summed E-state index contributed by atoms with van der Waals surface area (Å²) in [5.41, 5.74) is 0.661. The molecular formula is C23H21ClF2N4O3S. The van der Waals surface area contributed by atoms with Crippen molar-refractivity contribution in [1.29, 1.82) is 0 Å². The van der Waals surface area contributed by atoms with E-state index in [1.165, 1.54) is 18.3 Å². The molecule has 0 atom stereocenters. The first kappa shape index (κ1) is 24.0. The van der Waals surface area contributed by atoms with E-state index in [9.17, 15) is 18.4 Å². The van der Waals surface area contributed by atoms with Gasteiger partial charge in [-0.15, -0.1) is 11.3 Å². The highest BCUT2D eigenvalue weighted by molar-refractivity contribution is 7.14. The van der Waals surface area contributed by atoms with Crippen LogP contribution in [0.4, 0.5) is 19.7 Å². The summed E-state index contributed by atoms with van der Waals surface area (Å²) in [4.78, 5) is 35.1. The summed E-state index contributed by atoms with van der Waals surface area (Å²) in [7, 11) is 0. The number of amides is 1. The average molecular weight is 507 g/mol. The highest BCUT2D eigenvalue weighted by atomic mass is 35.5. The van der Waals surface area contributed by atoms with Crippen LogP contribution in [0, 0.1) is 17.6 Å². The number of nitrogens with zero attached hydrogens (tertiary/aromatic N) is 3. The van der Waals surface area contributed by atoms with Gasteiger partial charge in [0.25, 0.3) is 5.91 Å². The van der Waals surface area contributed by atoms with Crippen molar-refractivity contribution in [3.05, 3.63) is 58.1 Å². The minimum Gasteiger partial charge on any atom is -0.466 e. The number of rotatable bonds is 6. The first-order chi connectivity index (χ1) is 16.4. The van der Waals surface area contributed by atoms with E-state index >= 15 is 0 Å². The SMILES string of the molecule is CCOC(=O)C1CCN(c2ncc(C(=O)Nc3nc(-c4ccc(F)cc4F)cs3)cc2Cl)CC1. The Bertz CT molecular complexity index is 1210. The van der Waals surface area contributed by atoms with Gasteiger partial charge in [-0.3, -0.25) is 14.9 Å². The molecule has 34 heavy (non-hydrogen) atoms. The number of carbonyl (C=O) groups excluding carboxylic acids is 2. The number of hydrogen-bond donors (Lipinski definition) is 1. The lowest BCUT2D eigenvalue weighted by atomic mass is 9.97. The van der Waals surface area contributed by atoms with Gasteiger partial charge in [0.05, 0.1) is 28.8 Å². The smallest absolute Gasteiger partial charge is 0.309 e. The number of thiazole rings is 1. The quantitative estimate of drug-likeness (QED) is 0.464. The Labute approximate surface area is 203 Å². The molecule has 1 aliphatic rings. The fourth-order valence-electron chi connectivity index (χ4n) is 3.70. The molecule has 2 aromatic heterocycles. The van der Waals surface area contributed by atoms with Crippen LogP contribution in [-0.2, 0) is 9.53 Å². The molecule has 7 nitrogen and oxygen atoms in total. The van der Waals surface area contributed by atoms with Crippen LogP contribution in [0.25, 0.3) is 11.3 Å². The maximum Gasteiger partial charge on any atom is 0.309 e. The molecule has 1 amide bonds. The van der Waals surface area contributed by atoms with Gasteiger partial charge in [-0.2, -0.15) is 0 Å². The number of nitrogens with one attached hydrogen (secondary N) is 1. The van der Waals surface area contributed by atoms with Crippen LogP contribution in [0.5, 0.6) is 0 Å². The topological polar surface area (TPSA) is 84.4 Å². The standard InChI is InChI=1S/C23H21ClF2N4O3S/c1-2-33-22(32)13-5-7-30(8-6-13)20-17(24)9-14(11-27-20)21(31)29-23-28-19(12-34-23)16-4-3-15(25)10-18(16)26/h3-4,9-13H,2,5-8H2,1H3,(H,28,29,31). The van der Waals surface area contributed by atoms with Crippen molar-refractivity contribution in [3.63, 3.8) is 0 Å². The second-order valence-electron chi connectivity index (χ2n) is 7.66. The van der Waals surface area contributed by atoms with Crippen molar-refractivity contribution >= 4 is 45.8 Å². The zero-order valence-electron chi connectivity index (χ0n) is 18.2. The first-order valence-electron chi connectivity index (χ1n) is 10.6. The van der Waals surface area contributed by atoms with E-state index in [0.29, 0.717) is 43.4 Å². The van der Waals surface area contributed by atoms with E-state index in [1.54, 1.807) is 12.3 Å². The van der Waals surface area contributed by atoms with Crippen molar-refractivity contribution in [2.45, 2.75) is 19.8 Å². The number of ether oxygens (including phenoxy) is 1. The van der Waals surface area contributed by atoms with Crippen LogP contribution in [0.3, 0.4) is 0 Å². The number of anilines is 2. The Morgan fingerprint density at radius 2 is 2.03 bits per heavy atom. The fraction of sp³-hybridized carbons (Fsp3) is 0.304. The molecule has 0 radical (unpaired) electrons. The van der Waals surface area contributed by atoms with Gasteiger partial charge < -0.3 is 9.64 Å². The molecular weight excluding hydrogens is 486 g/mol. The maximum absolute atomic E-state index is 14.0. The Morgan fingerprint density at radius 3 is 2.71 bits per heavy atom. The van der Waals surface area contributed by atoms with Gasteiger partial charge >= 0.3 is 5.97 Å². The molecule has 0 saturated carbocycles. The summed E-state index contributed by atoms with van der Waals surface area (Å²) in [6, 6.07) is 4.74. The van der Waals surface area contributed by atoms with E-state index in [2.05, 4.69) is 15.3 Å². The highest BCUT2D eigenvalue weighted by Crippen LogP contribution is 2.30. The molecule has 0 unspecified atom stereocenters. The molecule has 1 N–H and O–H groups in total. The third-order valence-corrected chi connectivity index (χ3v) is 6.47. The van der Waals surface area contributed by atoms with Crippen molar-refractivity contribution in [3.8, 4) is 11.3 Å². The van der Waals surface area contributed by atoms with E-state index in [4.69, 9.17) is 16.3 Å². The predicted octanol–water partition coefficient (Wildman–Crippen LogP) is 5.17. The largest absolute Gasteiger partial charge is 0.466 e. The van der Waals surface area contributed by atoms with Crippen molar-refractivity contribution in [1.82, 2.24) is 9.97 Å². The highest BCUT2D eigenvalue weighted by Gasteiger charge is 2.27. The van der Waals surface area contributed by atoms with Crippen LogP contribution < -0.4 is 10.2 Å². The zero-order valence-corrected chi connectivity index (χ0v) is 19.8. The fourth-order valence-corrected chi connectivity index (χ4v) is 4.69. The lowest BCUT2D eigenvalue weighted by molar-refractivity contribution is -0.148. The molecule has 178 valence electrons. The van der Waals surface area contributed by atoms with Crippen LogP contribution in [-0.4, -0.2) is 41.5 Å². The number of carbonyl (C=O) groups is 2. The molecule has 1 saturated heterocycles. The number of esters is 1. The summed E-state index contributed by atoms with van der Waals surface area (Å²) in [5, 5.41) is 4.78. The molecule has 1 aromatic carbocycles. The summed E-state index contributed by atoms with van der Waals surface area (Å²) in [6.45, 7) is 3.35. The Balaban J connectivity index is 1.40. The van der Waals surface area contributed by atoms with Crippen LogP contribution in [0.15, 0.2) is 35.8 Å². The van der Waals surface area contributed by atoms with Crippen molar-refractivity contribution < 1.29 is 23.1 Å². The van der Waals surface area contributed by atoms with Crippen LogP contribution >= 0.6 is 22.9 Å². The second kappa shape index (κ2) is 10.4. The number of benzene rings is 1. The lowest BCUT2D eigenvalue weighted by Gasteiger charge is -2.32. The van der Waals surface area contributed by atoms with Gasteiger partial charge in [0, 0.05) is 36.3 Å². The normalized spacial score (nSPS) is 14.2. The molecule has 11 heteroatoms. The van der Waals surface area contributed by atoms with Gasteiger partial charge in [0.1, 0.15) is 17.5 Å². The minimum absolute atomic E-state index is 0.133. The number of aromatic nitrogens is 2. The van der Waals surface area contributed by atoms with Gasteiger partial charge in [0.15, 0.2) is 5.13 Å². The monoisotopic (exact) mass is 506 g/mol. The van der Waals surface area contributed by atoms with Crippen molar-refractivity contribution in [2.24, 2.45) is 5.92 Å². The summed E-state index contributed by atoms with van der Waals surface area (Å²) < 4.78 is 32.2. The predicted molar refractivity (Wildman–Crippen MR) is 126 cm³/mol. The number of halogens is 3. The molecule has 0 aliphatic carbocycles. The third kappa shape index (κ3) is 5.34. The van der Waals surface area contributed by atoms with Gasteiger partial charge in [-0.05, 0) is 38.0 Å². The van der Waals surface area contributed by atoms with E-state index in [-0.39, 0.29) is 33.8 Å². The Kier molecular flexibility index (Phi) is 7.38. The molecule has 0 spiro atoms. The van der Waals surface area contributed by atoms with E-state index in [0.717, 1.165) is 23.5 Å². The van der Waals surface area contributed by atoms with E-state index < -0.39 is 17.5 Å². The maximum atomic E-state index is 14.0. The first-order valence-corrected chi connectivity index (χ1v) is 11.9. The molecule has 1 fully saturated rings. The number of piperidine rings is 1. The summed E-state index contributed by atoms with van der Waals surface area (Å²) in [5.74, 6) is -1.65. The van der Waals surface area contributed by atoms with Gasteiger partial charge in [-0.1, -0.05) is 11.6 Å². The van der Waals surface area contributed by atoms with Gasteiger partial charge in [-0.25, -0.2) is 18.7 Å². The molecule has 0 bridgehead atoms. The summed E-state index contributed by atoms with van der Waals surface area (Å²) >= 11 is 7.53. The average Bonchev–Trinajstić information content (AvgIpc) is 3.27. The molecule has 3 aromatic rings. The van der Waals surface area contributed by atoms with Gasteiger partial charge in [0.2, 0.25) is 0 Å². The van der Waals surface area contributed by atoms with E-state index in [1.807, 2.05) is 4.90 Å². The van der Waals surface area contributed by atoms with Crippen LogP contribution in [0.1, 0.15) is 30.1 Å². The molecule has 3 heterocycles. The third-order valence-electron chi connectivity index (χ3n) is 5.43. The van der Waals surface area contributed by atoms with Crippen LogP contribution in [0.2, 0.25) is 5.02 Å². The Morgan fingerprint density at radius 1 is 1.26 bits per heavy atom. The zero-order chi connectivity index (χ0) is 24.2. The lowest BCUT2D eigenvalue weighted by Crippen LogP contribution is -2.37. The second-order valence-corrected chi connectivity index (χ2v) is 8.92. The molecule has 4 rings (SSSR count). The summed E-state index contributed by atoms with van der Waals surface area (Å²) in [6.07, 6.45) is 2.70. The molecule has 1 aliphatic heterocycles. The number of pyridine rings is 1. The van der Waals surface area contributed by atoms with Crippen molar-refractivity contribution in [2.75, 3.05) is 29.9 Å².